The first-order valence-electron chi connectivity index (χ1n) is 7.61. The van der Waals surface area contributed by atoms with Crippen LogP contribution in [0.25, 0.3) is 0 Å². The molecule has 3 atom stereocenters. The fourth-order valence-electron chi connectivity index (χ4n) is 3.92. The van der Waals surface area contributed by atoms with Gasteiger partial charge in [0.25, 0.3) is 0 Å². The highest BCUT2D eigenvalue weighted by molar-refractivity contribution is 7.89. The topological polar surface area (TPSA) is 62.3 Å². The number of aromatic nitrogens is 1. The minimum Gasteiger partial charge on any atom is -0.373 e. The molecule has 1 aromatic heterocycles. The third-order valence-corrected chi connectivity index (χ3v) is 6.89. The van der Waals surface area contributed by atoms with E-state index in [4.69, 9.17) is 0 Å². The van der Waals surface area contributed by atoms with Crippen molar-refractivity contribution in [2.75, 3.05) is 26.0 Å². The summed E-state index contributed by atoms with van der Waals surface area (Å²) in [5.74, 6) is 2.68. The molecule has 1 N–H and O–H groups in total. The molecular formula is C15H23N3O2S. The van der Waals surface area contributed by atoms with Crippen molar-refractivity contribution in [3.63, 3.8) is 0 Å². The average molecular weight is 309 g/mol. The second-order valence-corrected chi connectivity index (χ2v) is 8.39. The number of sulfonamides is 1. The molecule has 2 aliphatic carbocycles. The van der Waals surface area contributed by atoms with Crippen LogP contribution in [0.5, 0.6) is 0 Å². The number of nitrogens with zero attached hydrogens (tertiary/aromatic N) is 2. The Balaban J connectivity index is 1.74. The van der Waals surface area contributed by atoms with Crippen molar-refractivity contribution in [1.29, 1.82) is 0 Å². The Morgan fingerprint density at radius 3 is 2.81 bits per heavy atom. The van der Waals surface area contributed by atoms with Crippen LogP contribution in [-0.4, -0.2) is 38.3 Å². The maximum Gasteiger partial charge on any atom is 0.243 e. The first kappa shape index (κ1) is 14.8. The molecule has 5 nitrogen and oxygen atoms in total. The highest BCUT2D eigenvalue weighted by Crippen LogP contribution is 2.48. The van der Waals surface area contributed by atoms with Gasteiger partial charge in [-0.25, -0.2) is 17.7 Å². The number of rotatable bonds is 5. The quantitative estimate of drug-likeness (QED) is 0.905. The van der Waals surface area contributed by atoms with Crippen LogP contribution in [0.3, 0.4) is 0 Å². The van der Waals surface area contributed by atoms with Gasteiger partial charge >= 0.3 is 0 Å². The lowest BCUT2D eigenvalue weighted by Crippen LogP contribution is -2.33. The van der Waals surface area contributed by atoms with Crippen LogP contribution >= 0.6 is 0 Å². The summed E-state index contributed by atoms with van der Waals surface area (Å²) >= 11 is 0. The van der Waals surface area contributed by atoms with Gasteiger partial charge < -0.3 is 5.32 Å². The lowest BCUT2D eigenvalue weighted by Gasteiger charge is -2.26. The van der Waals surface area contributed by atoms with E-state index in [9.17, 15) is 8.42 Å². The summed E-state index contributed by atoms with van der Waals surface area (Å²) < 4.78 is 26.9. The monoisotopic (exact) mass is 309 g/mol. The summed E-state index contributed by atoms with van der Waals surface area (Å²) in [6.07, 6.45) is 6.65. The van der Waals surface area contributed by atoms with Crippen molar-refractivity contribution in [2.45, 2.75) is 30.6 Å². The third-order valence-electron chi connectivity index (χ3n) is 5.07. The Morgan fingerprint density at radius 1 is 1.38 bits per heavy atom. The van der Waals surface area contributed by atoms with E-state index in [2.05, 4.69) is 10.3 Å². The van der Waals surface area contributed by atoms with E-state index in [0.29, 0.717) is 23.2 Å². The Hall–Kier alpha value is -1.14. The molecule has 1 aromatic rings. The number of pyridine rings is 1. The Bertz CT molecular complexity index is 617. The van der Waals surface area contributed by atoms with E-state index < -0.39 is 10.0 Å². The van der Waals surface area contributed by atoms with Crippen molar-refractivity contribution in [3.05, 3.63) is 18.3 Å². The molecule has 3 unspecified atom stereocenters. The zero-order valence-corrected chi connectivity index (χ0v) is 13.4. The van der Waals surface area contributed by atoms with Gasteiger partial charge in [-0.15, -0.1) is 0 Å². The molecular weight excluding hydrogens is 286 g/mol. The van der Waals surface area contributed by atoms with E-state index in [1.165, 1.54) is 36.2 Å². The fraction of sp³-hybridized carbons (Fsp3) is 0.667. The summed E-state index contributed by atoms with van der Waals surface area (Å²) in [4.78, 5) is 4.38. The number of nitrogens with one attached hydrogen (secondary N) is 1. The molecule has 3 rings (SSSR count). The van der Waals surface area contributed by atoms with Gasteiger partial charge in [0.15, 0.2) is 0 Å². The van der Waals surface area contributed by atoms with Gasteiger partial charge in [-0.05, 0) is 43.1 Å². The van der Waals surface area contributed by atoms with Crippen LogP contribution in [0, 0.1) is 17.8 Å². The predicted octanol–water partition coefficient (Wildman–Crippen LogP) is 2.18. The molecule has 2 aliphatic rings. The molecule has 2 fully saturated rings. The summed E-state index contributed by atoms with van der Waals surface area (Å²) in [5, 5.41) is 2.88. The lowest BCUT2D eigenvalue weighted by atomic mass is 9.89. The van der Waals surface area contributed by atoms with E-state index in [1.54, 1.807) is 26.2 Å². The Kier molecular flexibility index (Phi) is 3.92. The molecule has 0 radical (unpaired) electrons. The van der Waals surface area contributed by atoms with Crippen LogP contribution in [-0.2, 0) is 10.0 Å². The largest absolute Gasteiger partial charge is 0.373 e. The van der Waals surface area contributed by atoms with Crippen molar-refractivity contribution < 1.29 is 8.42 Å². The molecule has 2 saturated carbocycles. The van der Waals surface area contributed by atoms with E-state index in [1.807, 2.05) is 0 Å². The van der Waals surface area contributed by atoms with Crippen LogP contribution in [0.1, 0.15) is 25.7 Å². The second-order valence-electron chi connectivity index (χ2n) is 6.35. The van der Waals surface area contributed by atoms with E-state index in [-0.39, 0.29) is 0 Å². The second kappa shape index (κ2) is 5.57. The predicted molar refractivity (Wildman–Crippen MR) is 82.5 cm³/mol. The van der Waals surface area contributed by atoms with Crippen molar-refractivity contribution >= 4 is 15.8 Å². The molecule has 0 aliphatic heterocycles. The summed E-state index contributed by atoms with van der Waals surface area (Å²) in [7, 11) is 0.00655. The highest BCUT2D eigenvalue weighted by Gasteiger charge is 2.40. The molecule has 116 valence electrons. The zero-order chi connectivity index (χ0) is 15.0. The standard InChI is InChI=1S/C15H23N3O2S/c1-16-15-9-14(5-6-17-15)21(19,20)18(2)10-13-8-11-3-4-12(13)7-11/h5-6,9,11-13H,3-4,7-8,10H2,1-2H3,(H,16,17). The van der Waals surface area contributed by atoms with Crippen molar-refractivity contribution in [2.24, 2.45) is 17.8 Å². The first-order chi connectivity index (χ1) is 10.0. The molecule has 6 heteroatoms. The van der Waals surface area contributed by atoms with Crippen molar-refractivity contribution in [3.8, 4) is 0 Å². The van der Waals surface area contributed by atoms with Crippen LogP contribution in [0.15, 0.2) is 23.2 Å². The Labute approximate surface area is 126 Å². The van der Waals surface area contributed by atoms with Crippen LogP contribution in [0.2, 0.25) is 0 Å². The maximum absolute atomic E-state index is 12.7. The van der Waals surface area contributed by atoms with Gasteiger partial charge in [0.05, 0.1) is 4.90 Å². The van der Waals surface area contributed by atoms with Gasteiger partial charge in [-0.1, -0.05) is 6.42 Å². The normalized spacial score (nSPS) is 28.2. The minimum atomic E-state index is -3.42. The van der Waals surface area contributed by atoms with E-state index in [0.717, 1.165) is 11.8 Å². The molecule has 1 heterocycles. The van der Waals surface area contributed by atoms with Gasteiger partial charge in [0.1, 0.15) is 5.82 Å². The molecule has 0 saturated heterocycles. The average Bonchev–Trinajstić information content (AvgIpc) is 3.09. The fourth-order valence-corrected chi connectivity index (χ4v) is 5.16. The van der Waals surface area contributed by atoms with E-state index >= 15 is 0 Å². The maximum atomic E-state index is 12.7. The Morgan fingerprint density at radius 2 is 2.19 bits per heavy atom. The summed E-state index contributed by atoms with van der Waals surface area (Å²) in [6.45, 7) is 0.640. The first-order valence-corrected chi connectivity index (χ1v) is 9.05. The van der Waals surface area contributed by atoms with Crippen LogP contribution < -0.4 is 5.32 Å². The van der Waals surface area contributed by atoms with Gasteiger partial charge in [-0.3, -0.25) is 0 Å². The van der Waals surface area contributed by atoms with Gasteiger partial charge in [0.2, 0.25) is 10.0 Å². The smallest absolute Gasteiger partial charge is 0.243 e. The SMILES string of the molecule is CNc1cc(S(=O)(=O)N(C)CC2CC3CCC2C3)ccn1. The number of anilines is 1. The summed E-state index contributed by atoms with van der Waals surface area (Å²) in [5.41, 5.74) is 0. The number of hydrogen-bond donors (Lipinski definition) is 1. The molecule has 0 amide bonds. The van der Waals surface area contributed by atoms with Crippen molar-refractivity contribution in [1.82, 2.24) is 9.29 Å². The highest BCUT2D eigenvalue weighted by atomic mass is 32.2. The third kappa shape index (κ3) is 2.79. The zero-order valence-electron chi connectivity index (χ0n) is 12.6. The molecule has 0 spiro atoms. The number of fused-ring (bicyclic) bond motifs is 2. The lowest BCUT2D eigenvalue weighted by molar-refractivity contribution is 0.280. The molecule has 21 heavy (non-hydrogen) atoms. The molecule has 2 bridgehead atoms. The molecule has 0 aromatic carbocycles. The van der Waals surface area contributed by atoms with Gasteiger partial charge in [-0.2, -0.15) is 0 Å². The van der Waals surface area contributed by atoms with Gasteiger partial charge in [0, 0.05) is 32.9 Å². The summed E-state index contributed by atoms with van der Waals surface area (Å²) in [6, 6.07) is 3.15. The number of hydrogen-bond acceptors (Lipinski definition) is 4. The minimum absolute atomic E-state index is 0.313. The van der Waals surface area contributed by atoms with Crippen LogP contribution in [0.4, 0.5) is 5.82 Å².